The van der Waals surface area contributed by atoms with Gasteiger partial charge in [0.15, 0.2) is 5.16 Å². The van der Waals surface area contributed by atoms with Gasteiger partial charge < -0.3 is 10.6 Å². The molecule has 1 aliphatic heterocycles. The van der Waals surface area contributed by atoms with Crippen molar-refractivity contribution in [2.24, 2.45) is 0 Å². The number of nitrogens with zero attached hydrogens (tertiary/aromatic N) is 3. The van der Waals surface area contributed by atoms with Crippen LogP contribution in [0, 0.1) is 6.92 Å². The molecule has 1 amide bonds. The Morgan fingerprint density at radius 3 is 2.55 bits per heavy atom. The van der Waals surface area contributed by atoms with Crippen LogP contribution >= 0.6 is 11.8 Å². The summed E-state index contributed by atoms with van der Waals surface area (Å²) in [7, 11) is 0. The van der Waals surface area contributed by atoms with Gasteiger partial charge in [0, 0.05) is 24.8 Å². The van der Waals surface area contributed by atoms with Crippen LogP contribution < -0.4 is 5.73 Å². The number of thioether (sulfide) groups is 1. The third kappa shape index (κ3) is 4.67. The van der Waals surface area contributed by atoms with Crippen molar-refractivity contribution in [3.63, 3.8) is 0 Å². The second-order valence-electron chi connectivity index (χ2n) is 5.15. The first kappa shape index (κ1) is 15.1. The maximum absolute atomic E-state index is 12.2. The first-order valence-electron chi connectivity index (χ1n) is 7.17. The van der Waals surface area contributed by atoms with Gasteiger partial charge in [-0.25, -0.2) is 9.97 Å². The van der Waals surface area contributed by atoms with Crippen molar-refractivity contribution < 1.29 is 4.79 Å². The average Bonchev–Trinajstić information content (AvgIpc) is 2.34. The van der Waals surface area contributed by atoms with Crippen molar-refractivity contribution in [3.8, 4) is 0 Å². The minimum atomic E-state index is 0.181. The molecule has 5 nitrogen and oxygen atoms in total. The number of aryl methyl sites for hydroxylation is 1. The van der Waals surface area contributed by atoms with Crippen molar-refractivity contribution in [3.05, 3.63) is 11.8 Å². The standard InChI is InChI=1S/C14H22N4OS/c1-11-9-12(15)17-14(16-11)20-10-13(19)18-7-5-3-2-4-6-8-18/h9H,2-8,10H2,1H3,(H2,15,16,17). The zero-order chi connectivity index (χ0) is 14.4. The van der Waals surface area contributed by atoms with Gasteiger partial charge in [-0.1, -0.05) is 31.0 Å². The first-order valence-corrected chi connectivity index (χ1v) is 8.15. The quantitative estimate of drug-likeness (QED) is 0.684. The second-order valence-corrected chi connectivity index (χ2v) is 6.10. The van der Waals surface area contributed by atoms with E-state index in [0.717, 1.165) is 31.6 Å². The van der Waals surface area contributed by atoms with E-state index in [1.54, 1.807) is 6.07 Å². The van der Waals surface area contributed by atoms with Crippen LogP contribution in [0.15, 0.2) is 11.2 Å². The number of nitrogens with two attached hydrogens (primary N) is 1. The lowest BCUT2D eigenvalue weighted by atomic mass is 10.1. The molecule has 2 rings (SSSR count). The maximum Gasteiger partial charge on any atom is 0.233 e. The molecule has 1 fully saturated rings. The smallest absolute Gasteiger partial charge is 0.233 e. The van der Waals surface area contributed by atoms with Gasteiger partial charge in [0.05, 0.1) is 5.75 Å². The molecule has 0 radical (unpaired) electrons. The summed E-state index contributed by atoms with van der Waals surface area (Å²) in [6, 6.07) is 1.73. The van der Waals surface area contributed by atoms with Crippen LogP contribution in [-0.4, -0.2) is 39.6 Å². The van der Waals surface area contributed by atoms with Gasteiger partial charge in [0.1, 0.15) is 5.82 Å². The fraction of sp³-hybridized carbons (Fsp3) is 0.643. The van der Waals surface area contributed by atoms with Crippen LogP contribution in [-0.2, 0) is 4.79 Å². The Kier molecular flexibility index (Phi) is 5.64. The molecule has 0 unspecified atom stereocenters. The van der Waals surface area contributed by atoms with E-state index in [9.17, 15) is 4.79 Å². The van der Waals surface area contributed by atoms with Gasteiger partial charge in [-0.15, -0.1) is 0 Å². The average molecular weight is 294 g/mol. The molecule has 0 saturated carbocycles. The molecule has 110 valence electrons. The molecular weight excluding hydrogens is 272 g/mol. The Bertz CT molecular complexity index is 438. The normalized spacial score (nSPS) is 16.6. The first-order chi connectivity index (χ1) is 9.65. The van der Waals surface area contributed by atoms with Crippen LogP contribution in [0.2, 0.25) is 0 Å². The van der Waals surface area contributed by atoms with E-state index in [1.807, 2.05) is 11.8 Å². The van der Waals surface area contributed by atoms with Crippen LogP contribution in [0.1, 0.15) is 37.8 Å². The zero-order valence-corrected chi connectivity index (χ0v) is 12.8. The summed E-state index contributed by atoms with van der Waals surface area (Å²) in [5.41, 5.74) is 6.52. The van der Waals surface area contributed by atoms with Crippen LogP contribution in [0.5, 0.6) is 0 Å². The van der Waals surface area contributed by atoms with Gasteiger partial charge in [-0.05, 0) is 19.8 Å². The molecule has 2 heterocycles. The van der Waals surface area contributed by atoms with E-state index < -0.39 is 0 Å². The molecule has 0 aliphatic carbocycles. The highest BCUT2D eigenvalue weighted by atomic mass is 32.2. The zero-order valence-electron chi connectivity index (χ0n) is 12.0. The topological polar surface area (TPSA) is 72.1 Å². The summed E-state index contributed by atoms with van der Waals surface area (Å²) in [5, 5.41) is 0.586. The van der Waals surface area contributed by atoms with Gasteiger partial charge in [0.2, 0.25) is 5.91 Å². The molecule has 1 aliphatic rings. The SMILES string of the molecule is Cc1cc(N)nc(SCC(=O)N2CCCCCCC2)n1. The number of hydrogen-bond donors (Lipinski definition) is 1. The molecule has 6 heteroatoms. The Hall–Kier alpha value is -1.30. The Balaban J connectivity index is 1.87. The number of carbonyl (C=O) groups is 1. The highest BCUT2D eigenvalue weighted by molar-refractivity contribution is 7.99. The minimum absolute atomic E-state index is 0.181. The summed E-state index contributed by atoms with van der Waals surface area (Å²) in [5.74, 6) is 1.03. The lowest BCUT2D eigenvalue weighted by molar-refractivity contribution is -0.128. The number of amides is 1. The molecule has 1 aromatic heterocycles. The lowest BCUT2D eigenvalue weighted by Gasteiger charge is -2.24. The molecule has 0 atom stereocenters. The van der Waals surface area contributed by atoms with Gasteiger partial charge in [-0.2, -0.15) is 0 Å². The van der Waals surface area contributed by atoms with Crippen LogP contribution in [0.3, 0.4) is 0 Å². The monoisotopic (exact) mass is 294 g/mol. The summed E-state index contributed by atoms with van der Waals surface area (Å²) >= 11 is 1.37. The van der Waals surface area contributed by atoms with Crippen molar-refractivity contribution in [2.45, 2.75) is 44.2 Å². The number of aromatic nitrogens is 2. The number of likely N-dealkylation sites (tertiary alicyclic amines) is 1. The van der Waals surface area contributed by atoms with E-state index in [2.05, 4.69) is 9.97 Å². The summed E-state index contributed by atoms with van der Waals surface area (Å²) in [6.45, 7) is 3.65. The summed E-state index contributed by atoms with van der Waals surface area (Å²) in [4.78, 5) is 22.6. The largest absolute Gasteiger partial charge is 0.384 e. The van der Waals surface area contributed by atoms with Crippen molar-refractivity contribution in [1.82, 2.24) is 14.9 Å². The fourth-order valence-corrected chi connectivity index (χ4v) is 3.16. The van der Waals surface area contributed by atoms with Crippen molar-refractivity contribution >= 4 is 23.5 Å². The number of nitrogen functional groups attached to an aromatic ring is 1. The molecule has 0 spiro atoms. The van der Waals surface area contributed by atoms with Crippen molar-refractivity contribution in [2.75, 3.05) is 24.6 Å². The lowest BCUT2D eigenvalue weighted by Crippen LogP contribution is -2.35. The predicted octanol–water partition coefficient (Wildman–Crippen LogP) is 2.25. The van der Waals surface area contributed by atoms with Gasteiger partial charge in [0.25, 0.3) is 0 Å². The van der Waals surface area contributed by atoms with E-state index >= 15 is 0 Å². The highest BCUT2D eigenvalue weighted by Crippen LogP contribution is 2.17. The van der Waals surface area contributed by atoms with E-state index in [1.165, 1.54) is 31.0 Å². The van der Waals surface area contributed by atoms with E-state index in [-0.39, 0.29) is 5.91 Å². The maximum atomic E-state index is 12.2. The minimum Gasteiger partial charge on any atom is -0.384 e. The summed E-state index contributed by atoms with van der Waals surface area (Å²) in [6.07, 6.45) is 5.99. The van der Waals surface area contributed by atoms with Gasteiger partial charge in [-0.3, -0.25) is 4.79 Å². The van der Waals surface area contributed by atoms with Crippen LogP contribution in [0.4, 0.5) is 5.82 Å². The van der Waals surface area contributed by atoms with Crippen molar-refractivity contribution in [1.29, 1.82) is 0 Å². The number of carbonyl (C=O) groups excluding carboxylic acids is 1. The Labute approximate surface area is 124 Å². The molecule has 0 aromatic carbocycles. The molecular formula is C14H22N4OS. The predicted molar refractivity (Wildman–Crippen MR) is 81.6 cm³/mol. The third-order valence-corrected chi connectivity index (χ3v) is 4.22. The Morgan fingerprint density at radius 2 is 1.90 bits per heavy atom. The molecule has 2 N–H and O–H groups in total. The molecule has 20 heavy (non-hydrogen) atoms. The third-order valence-electron chi connectivity index (χ3n) is 3.39. The highest BCUT2D eigenvalue weighted by Gasteiger charge is 2.15. The number of rotatable bonds is 3. The van der Waals surface area contributed by atoms with Gasteiger partial charge >= 0.3 is 0 Å². The summed E-state index contributed by atoms with van der Waals surface area (Å²) < 4.78 is 0. The van der Waals surface area contributed by atoms with E-state index in [0.29, 0.717) is 16.7 Å². The molecule has 1 saturated heterocycles. The van der Waals surface area contributed by atoms with Crippen LogP contribution in [0.25, 0.3) is 0 Å². The number of anilines is 1. The molecule has 0 bridgehead atoms. The second kappa shape index (κ2) is 7.47. The number of hydrogen-bond acceptors (Lipinski definition) is 5. The Morgan fingerprint density at radius 1 is 1.25 bits per heavy atom. The molecule has 1 aromatic rings. The van der Waals surface area contributed by atoms with E-state index in [4.69, 9.17) is 5.73 Å². The fourth-order valence-electron chi connectivity index (χ4n) is 2.34.